The Balaban J connectivity index is 2.91. The van der Waals surface area contributed by atoms with Gasteiger partial charge in [-0.25, -0.2) is 0 Å². The summed E-state index contributed by atoms with van der Waals surface area (Å²) in [6.07, 6.45) is 0.100. The highest BCUT2D eigenvalue weighted by atomic mass is 32.2. The van der Waals surface area contributed by atoms with E-state index in [-0.39, 0.29) is 5.41 Å². The lowest BCUT2D eigenvalue weighted by Crippen LogP contribution is -2.34. The molecule has 3 unspecified atom stereocenters. The van der Waals surface area contributed by atoms with Crippen molar-refractivity contribution in [2.75, 3.05) is 0 Å². The Morgan fingerprint density at radius 1 is 1.22 bits per heavy atom. The molecule has 3 atom stereocenters. The molecule has 1 rings (SSSR count). The molecule has 0 aliphatic carbocycles. The molecule has 0 aliphatic heterocycles. The molecular weight excluding hydrogens is 312 g/mol. The summed E-state index contributed by atoms with van der Waals surface area (Å²) >= 11 is -2.32. The van der Waals surface area contributed by atoms with Gasteiger partial charge in [0.05, 0.1) is 0 Å². The summed E-state index contributed by atoms with van der Waals surface area (Å²) in [5, 5.41) is 0. The second kappa shape index (κ2) is 9.07. The van der Waals surface area contributed by atoms with Crippen molar-refractivity contribution in [3.8, 4) is 17.6 Å². The molecule has 0 heterocycles. The molecule has 5 heteroatoms. The van der Waals surface area contributed by atoms with Crippen LogP contribution in [0.4, 0.5) is 0 Å². The van der Waals surface area contributed by atoms with Gasteiger partial charge in [0.2, 0.25) is 0 Å². The van der Waals surface area contributed by atoms with E-state index in [4.69, 9.17) is 13.5 Å². The predicted molar refractivity (Wildman–Crippen MR) is 93.6 cm³/mol. The third kappa shape index (κ3) is 6.74. The third-order valence-electron chi connectivity index (χ3n) is 3.51. The lowest BCUT2D eigenvalue weighted by molar-refractivity contribution is 0.0576. The van der Waals surface area contributed by atoms with Crippen molar-refractivity contribution in [2.24, 2.45) is 0 Å². The van der Waals surface area contributed by atoms with Crippen LogP contribution in [-0.2, 0) is 21.0 Å². The zero-order valence-electron chi connectivity index (χ0n) is 14.5. The zero-order chi connectivity index (χ0) is 17.5. The van der Waals surface area contributed by atoms with Crippen molar-refractivity contribution in [1.29, 1.82) is 0 Å². The molecule has 1 aromatic carbocycles. The van der Waals surface area contributed by atoms with Crippen LogP contribution in [0.1, 0.15) is 53.0 Å². The Hall–Kier alpha value is -1.35. The molecule has 0 saturated heterocycles. The van der Waals surface area contributed by atoms with E-state index < -0.39 is 23.6 Å². The molecule has 23 heavy (non-hydrogen) atoms. The van der Waals surface area contributed by atoms with Crippen molar-refractivity contribution < 1.29 is 17.7 Å². The van der Waals surface area contributed by atoms with Gasteiger partial charge in [0.1, 0.15) is 18.0 Å². The van der Waals surface area contributed by atoms with E-state index in [0.29, 0.717) is 18.6 Å². The van der Waals surface area contributed by atoms with Crippen LogP contribution in [0, 0.1) is 11.8 Å². The van der Waals surface area contributed by atoms with Crippen LogP contribution in [0.15, 0.2) is 24.3 Å². The molecule has 0 spiro atoms. The van der Waals surface area contributed by atoms with Crippen LogP contribution >= 0.6 is 0 Å². The molecule has 0 aromatic heterocycles. The fraction of sp³-hybridized carbons (Fsp3) is 0.556. The highest BCUT2D eigenvalue weighted by molar-refractivity contribution is 7.74. The Labute approximate surface area is 142 Å². The van der Waals surface area contributed by atoms with E-state index in [9.17, 15) is 4.21 Å². The topological polar surface area (TPSA) is 55.8 Å². The van der Waals surface area contributed by atoms with Gasteiger partial charge in [-0.15, -0.1) is 5.92 Å². The van der Waals surface area contributed by atoms with Crippen LogP contribution in [-0.4, -0.2) is 21.0 Å². The summed E-state index contributed by atoms with van der Waals surface area (Å²) in [6, 6.07) is 7.89. The molecule has 128 valence electrons. The van der Waals surface area contributed by atoms with E-state index in [0.717, 1.165) is 0 Å². The molecule has 0 bridgehead atoms. The minimum absolute atomic E-state index is 0.0778. The van der Waals surface area contributed by atoms with Crippen LogP contribution in [0.3, 0.4) is 0 Å². The number of benzene rings is 1. The second-order valence-corrected chi connectivity index (χ2v) is 6.95. The van der Waals surface area contributed by atoms with E-state index in [1.54, 1.807) is 6.92 Å². The van der Waals surface area contributed by atoms with Gasteiger partial charge in [-0.3, -0.25) is 8.74 Å². The molecule has 4 nitrogen and oxygen atoms in total. The van der Waals surface area contributed by atoms with Crippen molar-refractivity contribution in [3.63, 3.8) is 0 Å². The first-order valence-corrected chi connectivity index (χ1v) is 8.76. The zero-order valence-corrected chi connectivity index (χ0v) is 15.3. The minimum Gasteiger partial charge on any atom is -0.487 e. The lowest BCUT2D eigenvalue weighted by Gasteiger charge is -2.25. The average molecular weight is 338 g/mol. The van der Waals surface area contributed by atoms with Crippen LogP contribution in [0.5, 0.6) is 5.75 Å². The molecule has 0 aliphatic rings. The third-order valence-corrected chi connectivity index (χ3v) is 3.92. The Bertz CT molecular complexity index is 563. The van der Waals surface area contributed by atoms with Crippen molar-refractivity contribution in [1.82, 2.24) is 0 Å². The molecule has 1 N–H and O–H groups in total. The largest absolute Gasteiger partial charge is 0.487 e. The average Bonchev–Trinajstić information content (AvgIpc) is 2.48. The first-order valence-electron chi connectivity index (χ1n) is 7.72. The van der Waals surface area contributed by atoms with Crippen LogP contribution in [0.25, 0.3) is 0 Å². The normalized spacial score (nSPS) is 15.2. The number of rotatable bonds is 7. The van der Waals surface area contributed by atoms with Crippen LogP contribution < -0.4 is 4.74 Å². The van der Waals surface area contributed by atoms with Gasteiger partial charge >= 0.3 is 11.4 Å². The number of hydrogen-bond donors (Lipinski definition) is 1. The Kier molecular flexibility index (Phi) is 7.77. The van der Waals surface area contributed by atoms with Gasteiger partial charge in [-0.1, -0.05) is 45.7 Å². The first kappa shape index (κ1) is 19.7. The molecule has 1 aromatic rings. The quantitative estimate of drug-likeness (QED) is 0.601. The summed E-state index contributed by atoms with van der Waals surface area (Å²) < 4.78 is 30.9. The van der Waals surface area contributed by atoms with E-state index in [1.165, 1.54) is 5.56 Å². The standard InChI is InChI=1S/C18H26O4S/c1-6-8-9-17(16(7-2)22-23(19)20)21-15-12-10-14(11-13-15)18(3,4)5/h10-13,16-17H,7,9H2,1-5H3,(H,19,20). The smallest absolute Gasteiger partial charge is 0.302 e. The summed E-state index contributed by atoms with van der Waals surface area (Å²) in [7, 11) is 0. The summed E-state index contributed by atoms with van der Waals surface area (Å²) in [6.45, 7) is 10.1. The molecular formula is C18H26O4S. The monoisotopic (exact) mass is 338 g/mol. The molecule has 0 saturated carbocycles. The van der Waals surface area contributed by atoms with E-state index in [1.807, 2.05) is 31.2 Å². The van der Waals surface area contributed by atoms with E-state index in [2.05, 4.69) is 32.6 Å². The fourth-order valence-corrected chi connectivity index (χ4v) is 2.63. The highest BCUT2D eigenvalue weighted by Crippen LogP contribution is 2.25. The maximum Gasteiger partial charge on any atom is 0.302 e. The second-order valence-electron chi connectivity index (χ2n) is 6.32. The summed E-state index contributed by atoms with van der Waals surface area (Å²) in [5.41, 5.74) is 1.29. The van der Waals surface area contributed by atoms with Gasteiger partial charge in [-0.05, 0) is 36.5 Å². The van der Waals surface area contributed by atoms with Gasteiger partial charge in [0.15, 0.2) is 0 Å². The number of hydrogen-bond acceptors (Lipinski definition) is 3. The SMILES string of the molecule is CC#CCC(Oc1ccc(C(C)(C)C)cc1)C(CC)OS(=O)O. The lowest BCUT2D eigenvalue weighted by atomic mass is 9.87. The Morgan fingerprint density at radius 2 is 1.83 bits per heavy atom. The van der Waals surface area contributed by atoms with Gasteiger partial charge < -0.3 is 4.74 Å². The fourth-order valence-electron chi connectivity index (χ4n) is 2.16. The van der Waals surface area contributed by atoms with Gasteiger partial charge in [-0.2, -0.15) is 4.21 Å². The predicted octanol–water partition coefficient (Wildman–Crippen LogP) is 4.08. The molecule has 0 radical (unpaired) electrons. The maximum absolute atomic E-state index is 11.0. The highest BCUT2D eigenvalue weighted by Gasteiger charge is 2.24. The maximum atomic E-state index is 11.0. The van der Waals surface area contributed by atoms with Gasteiger partial charge in [0.25, 0.3) is 0 Å². The summed E-state index contributed by atoms with van der Waals surface area (Å²) in [5.74, 6) is 6.48. The van der Waals surface area contributed by atoms with Crippen molar-refractivity contribution in [2.45, 2.75) is 65.1 Å². The van der Waals surface area contributed by atoms with Gasteiger partial charge in [0, 0.05) is 6.42 Å². The van der Waals surface area contributed by atoms with E-state index >= 15 is 0 Å². The van der Waals surface area contributed by atoms with Crippen molar-refractivity contribution in [3.05, 3.63) is 29.8 Å². The molecule has 0 amide bonds. The first-order chi connectivity index (χ1) is 10.8. The molecule has 0 fully saturated rings. The van der Waals surface area contributed by atoms with Crippen molar-refractivity contribution >= 4 is 11.4 Å². The Morgan fingerprint density at radius 3 is 2.26 bits per heavy atom. The van der Waals surface area contributed by atoms with Crippen LogP contribution in [0.2, 0.25) is 0 Å². The number of ether oxygens (including phenoxy) is 1. The summed E-state index contributed by atoms with van der Waals surface area (Å²) in [4.78, 5) is 0. The minimum atomic E-state index is -2.32.